The van der Waals surface area contributed by atoms with Crippen molar-refractivity contribution in [3.05, 3.63) is 29.5 Å². The van der Waals surface area contributed by atoms with Gasteiger partial charge in [0.15, 0.2) is 0 Å². The van der Waals surface area contributed by atoms with E-state index in [4.69, 9.17) is 0 Å². The smallest absolute Gasteiger partial charge is 0.248 e. The highest BCUT2D eigenvalue weighted by Gasteiger charge is 2.33. The number of carbonyl (C=O) groups is 1. The molecule has 1 saturated heterocycles. The number of hydrogen-bond acceptors (Lipinski definition) is 6. The number of aromatic nitrogens is 4. The Morgan fingerprint density at radius 2 is 2.29 bits per heavy atom. The molecule has 8 heteroatoms. The number of anilines is 2. The van der Waals surface area contributed by atoms with Gasteiger partial charge >= 0.3 is 0 Å². The van der Waals surface area contributed by atoms with Crippen LogP contribution in [0.15, 0.2) is 23.8 Å². The predicted octanol–water partition coefficient (Wildman–Crippen LogP) is 2.34. The Kier molecular flexibility index (Phi) is 3.68. The number of nitrogens with zero attached hydrogens (tertiary/aromatic N) is 5. The van der Waals surface area contributed by atoms with Crippen LogP contribution in [0.25, 0.3) is 10.2 Å². The number of fused-ring (bicyclic) bond motifs is 1. The lowest BCUT2D eigenvalue weighted by atomic mass is 10.2. The zero-order valence-corrected chi connectivity index (χ0v) is 14.4. The summed E-state index contributed by atoms with van der Waals surface area (Å²) in [5.74, 6) is 1.55. The van der Waals surface area contributed by atoms with Crippen LogP contribution in [-0.2, 0) is 11.8 Å². The zero-order chi connectivity index (χ0) is 16.7. The van der Waals surface area contributed by atoms with Gasteiger partial charge < -0.3 is 10.2 Å². The third kappa shape index (κ3) is 2.52. The number of carbonyl (C=O) groups excluding carboxylic acids is 1. The van der Waals surface area contributed by atoms with Gasteiger partial charge in [0.2, 0.25) is 5.91 Å². The lowest BCUT2D eigenvalue weighted by Gasteiger charge is -2.25. The van der Waals surface area contributed by atoms with Crippen LogP contribution in [0, 0.1) is 6.92 Å². The lowest BCUT2D eigenvalue weighted by Crippen LogP contribution is -2.40. The monoisotopic (exact) mass is 342 g/mol. The van der Waals surface area contributed by atoms with Gasteiger partial charge in [0.05, 0.1) is 11.1 Å². The molecule has 3 aromatic heterocycles. The maximum Gasteiger partial charge on any atom is 0.248 e. The largest absolute Gasteiger partial charge is 0.344 e. The molecule has 0 aliphatic carbocycles. The fourth-order valence-electron chi connectivity index (χ4n) is 3.24. The van der Waals surface area contributed by atoms with E-state index in [2.05, 4.69) is 25.3 Å². The van der Waals surface area contributed by atoms with Gasteiger partial charge in [-0.05, 0) is 31.2 Å². The summed E-state index contributed by atoms with van der Waals surface area (Å²) in [5.41, 5.74) is 0.881. The minimum absolute atomic E-state index is 0.0162. The number of thiophene rings is 1. The maximum absolute atomic E-state index is 12.8. The molecule has 4 heterocycles. The van der Waals surface area contributed by atoms with Crippen molar-refractivity contribution in [2.24, 2.45) is 7.05 Å². The standard InChI is InChI=1S/C16H18N6OS/c1-10-8-13(21(2)20-10)19-15(23)12-4-3-6-22(12)14-11-5-7-24-16(11)18-9-17-14/h5,7-9,12H,3-4,6H2,1-2H3,(H,19,23)/t12-/m0/s1. The van der Waals surface area contributed by atoms with Gasteiger partial charge in [0.25, 0.3) is 0 Å². The van der Waals surface area contributed by atoms with E-state index >= 15 is 0 Å². The second-order valence-corrected chi connectivity index (χ2v) is 6.87. The predicted molar refractivity (Wildman–Crippen MR) is 94.4 cm³/mol. The molecule has 1 aliphatic rings. The summed E-state index contributed by atoms with van der Waals surface area (Å²) in [6, 6.07) is 3.67. The molecule has 0 aromatic carbocycles. The highest BCUT2D eigenvalue weighted by atomic mass is 32.1. The summed E-state index contributed by atoms with van der Waals surface area (Å²) in [4.78, 5) is 24.6. The quantitative estimate of drug-likeness (QED) is 0.791. The first-order valence-electron chi connectivity index (χ1n) is 7.90. The molecule has 0 saturated carbocycles. The lowest BCUT2D eigenvalue weighted by molar-refractivity contribution is -0.117. The van der Waals surface area contributed by atoms with Gasteiger partial charge in [-0.1, -0.05) is 0 Å². The minimum atomic E-state index is -0.224. The molecule has 3 aromatic rings. The van der Waals surface area contributed by atoms with E-state index in [1.807, 2.05) is 31.5 Å². The maximum atomic E-state index is 12.8. The molecule has 0 radical (unpaired) electrons. The molecule has 0 unspecified atom stereocenters. The summed E-state index contributed by atoms with van der Waals surface area (Å²) in [6.07, 6.45) is 3.36. The first-order chi connectivity index (χ1) is 11.6. The SMILES string of the molecule is Cc1cc(NC(=O)[C@@H]2CCCN2c2ncnc3sccc23)n(C)n1. The molecule has 1 fully saturated rings. The van der Waals surface area contributed by atoms with Crippen LogP contribution >= 0.6 is 11.3 Å². The van der Waals surface area contributed by atoms with Crippen molar-refractivity contribution in [3.63, 3.8) is 0 Å². The van der Waals surface area contributed by atoms with Gasteiger partial charge in [0, 0.05) is 19.7 Å². The van der Waals surface area contributed by atoms with Crippen LogP contribution in [0.4, 0.5) is 11.6 Å². The van der Waals surface area contributed by atoms with Gasteiger partial charge in [0.1, 0.15) is 28.8 Å². The molecule has 1 aliphatic heterocycles. The zero-order valence-electron chi connectivity index (χ0n) is 13.6. The Hall–Kier alpha value is -2.48. The van der Waals surface area contributed by atoms with E-state index < -0.39 is 0 Å². The summed E-state index contributed by atoms with van der Waals surface area (Å²) in [6.45, 7) is 2.73. The number of amides is 1. The first-order valence-corrected chi connectivity index (χ1v) is 8.78. The second-order valence-electron chi connectivity index (χ2n) is 5.97. The molecular weight excluding hydrogens is 324 g/mol. The topological polar surface area (TPSA) is 75.9 Å². The van der Waals surface area contributed by atoms with Crippen molar-refractivity contribution in [3.8, 4) is 0 Å². The van der Waals surface area contributed by atoms with Crippen molar-refractivity contribution in [2.75, 3.05) is 16.8 Å². The Morgan fingerprint density at radius 3 is 3.08 bits per heavy atom. The Bertz CT molecular complexity index is 901. The molecule has 1 amide bonds. The summed E-state index contributed by atoms with van der Waals surface area (Å²) < 4.78 is 1.69. The van der Waals surface area contributed by atoms with Gasteiger partial charge in [-0.15, -0.1) is 11.3 Å². The number of hydrogen-bond donors (Lipinski definition) is 1. The third-order valence-electron chi connectivity index (χ3n) is 4.32. The highest BCUT2D eigenvalue weighted by Crippen LogP contribution is 2.32. The molecule has 24 heavy (non-hydrogen) atoms. The van der Waals surface area contributed by atoms with Crippen LogP contribution in [0.5, 0.6) is 0 Å². The molecule has 4 rings (SSSR count). The minimum Gasteiger partial charge on any atom is -0.344 e. The van der Waals surface area contributed by atoms with E-state index in [1.165, 1.54) is 0 Å². The highest BCUT2D eigenvalue weighted by molar-refractivity contribution is 7.16. The molecule has 124 valence electrons. The van der Waals surface area contributed by atoms with Gasteiger partial charge in [-0.2, -0.15) is 5.10 Å². The normalized spacial score (nSPS) is 17.6. The van der Waals surface area contributed by atoms with Crippen molar-refractivity contribution in [1.29, 1.82) is 0 Å². The fourth-order valence-corrected chi connectivity index (χ4v) is 3.96. The van der Waals surface area contributed by atoms with Crippen LogP contribution in [0.3, 0.4) is 0 Å². The summed E-state index contributed by atoms with van der Waals surface area (Å²) >= 11 is 1.59. The fraction of sp³-hybridized carbons (Fsp3) is 0.375. The van der Waals surface area contributed by atoms with Crippen molar-refractivity contribution in [2.45, 2.75) is 25.8 Å². The molecule has 0 spiro atoms. The van der Waals surface area contributed by atoms with Crippen LogP contribution < -0.4 is 10.2 Å². The van der Waals surface area contributed by atoms with Crippen molar-refractivity contribution < 1.29 is 4.79 Å². The first kappa shape index (κ1) is 15.1. The number of rotatable bonds is 3. The van der Waals surface area contributed by atoms with Crippen LogP contribution in [-0.4, -0.2) is 38.2 Å². The van der Waals surface area contributed by atoms with E-state index in [0.29, 0.717) is 5.82 Å². The Morgan fingerprint density at radius 1 is 1.42 bits per heavy atom. The summed E-state index contributed by atoms with van der Waals surface area (Å²) in [5, 5.41) is 10.3. The molecule has 1 N–H and O–H groups in total. The average molecular weight is 342 g/mol. The number of aryl methyl sites for hydroxylation is 2. The van der Waals surface area contributed by atoms with Gasteiger partial charge in [-0.25, -0.2) is 9.97 Å². The molecule has 0 bridgehead atoms. The van der Waals surface area contributed by atoms with E-state index in [0.717, 1.165) is 41.1 Å². The van der Waals surface area contributed by atoms with Gasteiger partial charge in [-0.3, -0.25) is 9.48 Å². The molecular formula is C16H18N6OS. The second kappa shape index (κ2) is 5.86. The molecule has 1 atom stereocenters. The van der Waals surface area contributed by atoms with Crippen molar-refractivity contribution >= 4 is 39.1 Å². The average Bonchev–Trinajstić information content (AvgIpc) is 3.27. The molecule has 7 nitrogen and oxygen atoms in total. The Labute approximate surface area is 143 Å². The number of nitrogens with one attached hydrogen (secondary N) is 1. The van der Waals surface area contributed by atoms with E-state index in [9.17, 15) is 4.79 Å². The summed E-state index contributed by atoms with van der Waals surface area (Å²) in [7, 11) is 1.83. The van der Waals surface area contributed by atoms with Crippen LogP contribution in [0.2, 0.25) is 0 Å². The van der Waals surface area contributed by atoms with E-state index in [1.54, 1.807) is 22.3 Å². The van der Waals surface area contributed by atoms with E-state index in [-0.39, 0.29) is 11.9 Å². The third-order valence-corrected chi connectivity index (χ3v) is 5.14. The van der Waals surface area contributed by atoms with Crippen LogP contribution in [0.1, 0.15) is 18.5 Å². The Balaban J connectivity index is 1.62. The van der Waals surface area contributed by atoms with Crippen molar-refractivity contribution in [1.82, 2.24) is 19.7 Å².